The third-order valence-electron chi connectivity index (χ3n) is 5.20. The minimum Gasteiger partial charge on any atom is -0.465 e. The number of primary sulfonamides is 1. The van der Waals surface area contributed by atoms with Crippen LogP contribution < -0.4 is 10.0 Å². The molecule has 5 N–H and O–H groups in total. The second-order valence-corrected chi connectivity index (χ2v) is 9.59. The molecule has 29 heavy (non-hydrogen) atoms. The standard InChI is InChI=1S/C18H30N4O6S/c1-18(2)9-13(10-22(18)17(25)26)5-4-8-21(11-14(24)12-23)15-6-3-7-16(20-15)29(19,27)28/h3,6-7,13-14,23-24H,4-5,8-12H2,1-2H3,(H,25,26)(H2,19,27,28)/t13-,14?/m0/s1. The van der Waals surface area contributed by atoms with Crippen LogP contribution in [0.15, 0.2) is 23.2 Å². The fourth-order valence-corrected chi connectivity index (χ4v) is 4.33. The Morgan fingerprint density at radius 2 is 2.14 bits per heavy atom. The van der Waals surface area contributed by atoms with Crippen LogP contribution in [0.5, 0.6) is 0 Å². The molecule has 11 heteroatoms. The Labute approximate surface area is 171 Å². The number of pyridine rings is 1. The van der Waals surface area contributed by atoms with Crippen molar-refractivity contribution in [1.82, 2.24) is 9.88 Å². The molecule has 1 amide bonds. The van der Waals surface area contributed by atoms with Crippen molar-refractivity contribution in [3.05, 3.63) is 18.2 Å². The van der Waals surface area contributed by atoms with Gasteiger partial charge < -0.3 is 25.1 Å². The number of hydrogen-bond donors (Lipinski definition) is 4. The van der Waals surface area contributed by atoms with Crippen LogP contribution >= 0.6 is 0 Å². The summed E-state index contributed by atoms with van der Waals surface area (Å²) in [6, 6.07) is 4.43. The number of nitrogens with two attached hydrogens (primary N) is 1. The fourth-order valence-electron chi connectivity index (χ4n) is 3.84. The molecule has 0 aromatic carbocycles. The average molecular weight is 431 g/mol. The first-order valence-corrected chi connectivity index (χ1v) is 11.0. The summed E-state index contributed by atoms with van der Waals surface area (Å²) in [5.41, 5.74) is -0.408. The summed E-state index contributed by atoms with van der Waals surface area (Å²) in [5.74, 6) is 0.553. The maximum atomic E-state index is 11.6. The topological polar surface area (TPSA) is 157 Å². The lowest BCUT2D eigenvalue weighted by Crippen LogP contribution is -2.41. The van der Waals surface area contributed by atoms with Gasteiger partial charge in [-0.2, -0.15) is 0 Å². The third-order valence-corrected chi connectivity index (χ3v) is 6.01. The van der Waals surface area contributed by atoms with Gasteiger partial charge in [-0.1, -0.05) is 6.07 Å². The van der Waals surface area contributed by atoms with Gasteiger partial charge in [-0.25, -0.2) is 23.3 Å². The molecular weight excluding hydrogens is 400 g/mol. The number of aromatic nitrogens is 1. The molecule has 0 aliphatic carbocycles. The molecule has 1 aromatic rings. The predicted octanol–water partition coefficient (Wildman–Crippen LogP) is 0.447. The molecule has 0 bridgehead atoms. The number of hydrogen-bond acceptors (Lipinski definition) is 7. The maximum absolute atomic E-state index is 11.6. The van der Waals surface area contributed by atoms with Crippen LogP contribution in [-0.2, 0) is 10.0 Å². The summed E-state index contributed by atoms with van der Waals surface area (Å²) in [6.45, 7) is 4.40. The zero-order valence-corrected chi connectivity index (χ0v) is 17.5. The summed E-state index contributed by atoms with van der Waals surface area (Å²) in [5, 5.41) is 33.3. The Bertz CT molecular complexity index is 816. The van der Waals surface area contributed by atoms with Crippen molar-refractivity contribution in [2.24, 2.45) is 11.1 Å². The van der Waals surface area contributed by atoms with Crippen LogP contribution in [0.25, 0.3) is 0 Å². The Kier molecular flexibility index (Phi) is 7.44. The van der Waals surface area contributed by atoms with Crippen LogP contribution in [0.4, 0.5) is 10.6 Å². The molecule has 1 aromatic heterocycles. The Hall–Kier alpha value is -1.95. The minimum atomic E-state index is -3.96. The predicted molar refractivity (Wildman–Crippen MR) is 107 cm³/mol. The van der Waals surface area contributed by atoms with E-state index in [1.165, 1.54) is 17.0 Å². The highest BCUT2D eigenvalue weighted by atomic mass is 32.2. The van der Waals surface area contributed by atoms with Crippen LogP contribution in [0.1, 0.15) is 33.1 Å². The number of rotatable bonds is 9. The Balaban J connectivity index is 2.06. The second kappa shape index (κ2) is 9.24. The number of aliphatic hydroxyl groups excluding tert-OH is 2. The highest BCUT2D eigenvalue weighted by Crippen LogP contribution is 2.35. The first-order valence-electron chi connectivity index (χ1n) is 9.48. The van der Waals surface area contributed by atoms with Gasteiger partial charge in [0, 0.05) is 25.2 Å². The molecule has 1 unspecified atom stereocenters. The van der Waals surface area contributed by atoms with E-state index in [2.05, 4.69) is 4.98 Å². The molecule has 164 valence electrons. The molecule has 1 aliphatic heterocycles. The molecule has 2 rings (SSSR count). The van der Waals surface area contributed by atoms with Crippen molar-refractivity contribution >= 4 is 21.9 Å². The van der Waals surface area contributed by atoms with E-state index in [1.54, 1.807) is 11.0 Å². The molecule has 1 saturated heterocycles. The van der Waals surface area contributed by atoms with Gasteiger partial charge >= 0.3 is 6.09 Å². The zero-order chi connectivity index (χ0) is 21.8. The van der Waals surface area contributed by atoms with Gasteiger partial charge in [-0.15, -0.1) is 0 Å². The van der Waals surface area contributed by atoms with E-state index in [-0.39, 0.29) is 17.5 Å². The van der Waals surface area contributed by atoms with Crippen molar-refractivity contribution in [2.45, 2.75) is 49.8 Å². The summed E-state index contributed by atoms with van der Waals surface area (Å²) < 4.78 is 23.2. The molecule has 0 spiro atoms. The normalized spacial score (nSPS) is 19.9. The van der Waals surface area contributed by atoms with Crippen LogP contribution in [0.3, 0.4) is 0 Å². The highest BCUT2D eigenvalue weighted by molar-refractivity contribution is 7.89. The number of carboxylic acid groups (broad SMARTS) is 1. The average Bonchev–Trinajstić information content (AvgIpc) is 2.94. The zero-order valence-electron chi connectivity index (χ0n) is 16.7. The quantitative estimate of drug-likeness (QED) is 0.440. The lowest BCUT2D eigenvalue weighted by Gasteiger charge is -2.28. The van der Waals surface area contributed by atoms with E-state index < -0.39 is 34.4 Å². The summed E-state index contributed by atoms with van der Waals surface area (Å²) in [4.78, 5) is 18.6. The number of amides is 1. The second-order valence-electron chi connectivity index (χ2n) is 8.08. The van der Waals surface area contributed by atoms with Crippen LogP contribution in [0.2, 0.25) is 0 Å². The van der Waals surface area contributed by atoms with Gasteiger partial charge in [0.1, 0.15) is 5.82 Å². The van der Waals surface area contributed by atoms with E-state index in [1.807, 2.05) is 13.8 Å². The minimum absolute atomic E-state index is 0.0784. The first-order chi connectivity index (χ1) is 13.4. The number of aliphatic hydroxyl groups is 2. The van der Waals surface area contributed by atoms with Crippen molar-refractivity contribution in [2.75, 3.05) is 31.1 Å². The van der Waals surface area contributed by atoms with E-state index in [4.69, 9.17) is 5.14 Å². The van der Waals surface area contributed by atoms with Gasteiger partial charge in [0.15, 0.2) is 5.03 Å². The molecule has 1 aliphatic rings. The highest BCUT2D eigenvalue weighted by Gasteiger charge is 2.40. The molecule has 10 nitrogen and oxygen atoms in total. The van der Waals surface area contributed by atoms with E-state index in [0.717, 1.165) is 12.8 Å². The monoisotopic (exact) mass is 430 g/mol. The maximum Gasteiger partial charge on any atom is 0.407 e. The van der Waals surface area contributed by atoms with Crippen molar-refractivity contribution in [3.63, 3.8) is 0 Å². The third kappa shape index (κ3) is 6.26. The fraction of sp³-hybridized carbons (Fsp3) is 0.667. The Morgan fingerprint density at radius 3 is 2.69 bits per heavy atom. The number of likely N-dealkylation sites (tertiary alicyclic amines) is 1. The van der Waals surface area contributed by atoms with Crippen LogP contribution in [-0.4, -0.2) is 77.6 Å². The van der Waals surface area contributed by atoms with E-state index in [0.29, 0.717) is 25.3 Å². The smallest absolute Gasteiger partial charge is 0.407 e. The van der Waals surface area contributed by atoms with Gasteiger partial charge in [0.2, 0.25) is 0 Å². The molecule has 2 heterocycles. The summed E-state index contributed by atoms with van der Waals surface area (Å²) in [6.07, 6.45) is 0.288. The van der Waals surface area contributed by atoms with Gasteiger partial charge in [0.25, 0.3) is 10.0 Å². The molecule has 2 atom stereocenters. The molecule has 0 saturated carbocycles. The van der Waals surface area contributed by atoms with E-state index >= 15 is 0 Å². The summed E-state index contributed by atoms with van der Waals surface area (Å²) >= 11 is 0. The van der Waals surface area contributed by atoms with Crippen molar-refractivity contribution in [3.8, 4) is 0 Å². The van der Waals surface area contributed by atoms with E-state index in [9.17, 15) is 28.5 Å². The molecular formula is C18H30N4O6S. The van der Waals surface area contributed by atoms with Gasteiger partial charge in [0.05, 0.1) is 12.7 Å². The number of carbonyl (C=O) groups is 1. The number of anilines is 1. The van der Waals surface area contributed by atoms with Gasteiger partial charge in [-0.3, -0.25) is 0 Å². The molecule has 1 fully saturated rings. The largest absolute Gasteiger partial charge is 0.465 e. The lowest BCUT2D eigenvalue weighted by molar-refractivity contribution is 0.0996. The number of sulfonamides is 1. The number of nitrogens with zero attached hydrogens (tertiary/aromatic N) is 3. The Morgan fingerprint density at radius 1 is 1.45 bits per heavy atom. The lowest BCUT2D eigenvalue weighted by atomic mass is 9.93. The van der Waals surface area contributed by atoms with Crippen LogP contribution in [0, 0.1) is 5.92 Å². The molecule has 0 radical (unpaired) electrons. The van der Waals surface area contributed by atoms with Crippen molar-refractivity contribution < 1.29 is 28.5 Å². The van der Waals surface area contributed by atoms with Crippen molar-refractivity contribution in [1.29, 1.82) is 0 Å². The first kappa shape index (κ1) is 23.3. The van der Waals surface area contributed by atoms with Gasteiger partial charge in [-0.05, 0) is 51.2 Å². The SMILES string of the molecule is CC1(C)C[C@H](CCCN(CC(O)CO)c2cccc(S(N)(=O)=O)n2)CN1C(=O)O. The summed E-state index contributed by atoms with van der Waals surface area (Å²) in [7, 11) is -3.96.